The smallest absolute Gasteiger partial charge is 0.390 e. The number of nitrogen functional groups attached to an aromatic ring is 1. The lowest BCUT2D eigenvalue weighted by Gasteiger charge is -2.18. The third kappa shape index (κ3) is 3.85. The fourth-order valence-electron chi connectivity index (χ4n) is 1.43. The van der Waals surface area contributed by atoms with Crippen molar-refractivity contribution in [2.45, 2.75) is 17.5 Å². The van der Waals surface area contributed by atoms with E-state index in [1.165, 1.54) is 6.07 Å². The van der Waals surface area contributed by atoms with Crippen LogP contribution < -0.4 is 5.73 Å². The summed E-state index contributed by atoms with van der Waals surface area (Å²) in [6.07, 6.45) is -5.72. The molecule has 0 atom stereocenters. The molecule has 0 fully saturated rings. The Morgan fingerprint density at radius 3 is 2.50 bits per heavy atom. The van der Waals surface area contributed by atoms with Crippen LogP contribution in [0.25, 0.3) is 0 Å². The highest BCUT2D eigenvalue weighted by atomic mass is 32.2. The number of nitrogens with zero attached hydrogens (tertiary/aromatic N) is 2. The van der Waals surface area contributed by atoms with Gasteiger partial charge in [-0.2, -0.15) is 18.4 Å². The van der Waals surface area contributed by atoms with Gasteiger partial charge in [0.1, 0.15) is 11.0 Å². The van der Waals surface area contributed by atoms with Gasteiger partial charge in [-0.25, -0.2) is 12.7 Å². The number of halogens is 3. The maximum atomic E-state index is 12.1. The Labute approximate surface area is 114 Å². The van der Waals surface area contributed by atoms with Crippen LogP contribution in [0.15, 0.2) is 23.1 Å². The summed E-state index contributed by atoms with van der Waals surface area (Å²) in [5.74, 6) is 0. The van der Waals surface area contributed by atoms with Crippen LogP contribution in [0.5, 0.6) is 0 Å². The van der Waals surface area contributed by atoms with Crippen molar-refractivity contribution in [1.82, 2.24) is 4.31 Å². The maximum absolute atomic E-state index is 12.1. The molecule has 1 aromatic rings. The summed E-state index contributed by atoms with van der Waals surface area (Å²) < 4.78 is 61.1. The zero-order valence-corrected chi connectivity index (χ0v) is 11.3. The van der Waals surface area contributed by atoms with Crippen LogP contribution in [0.2, 0.25) is 0 Å². The normalized spacial score (nSPS) is 12.4. The summed E-state index contributed by atoms with van der Waals surface area (Å²) in [6, 6.07) is 5.19. The highest BCUT2D eigenvalue weighted by Gasteiger charge is 2.31. The average molecular weight is 307 g/mol. The molecule has 0 aliphatic rings. The van der Waals surface area contributed by atoms with Gasteiger partial charge >= 0.3 is 6.18 Å². The Morgan fingerprint density at radius 2 is 2.00 bits per heavy atom. The predicted molar refractivity (Wildman–Crippen MR) is 66.1 cm³/mol. The van der Waals surface area contributed by atoms with Gasteiger partial charge < -0.3 is 5.73 Å². The summed E-state index contributed by atoms with van der Waals surface area (Å²) in [5.41, 5.74) is 5.42. The SMILES string of the molecule is CN(CCC(F)(F)F)S(=O)(=O)c1ccc(N)cc1C#N. The zero-order valence-electron chi connectivity index (χ0n) is 10.5. The van der Waals surface area contributed by atoms with E-state index in [0.717, 1.165) is 19.2 Å². The van der Waals surface area contributed by atoms with Gasteiger partial charge in [0.15, 0.2) is 0 Å². The number of alkyl halides is 3. The summed E-state index contributed by atoms with van der Waals surface area (Å²) >= 11 is 0. The van der Waals surface area contributed by atoms with Crippen molar-refractivity contribution in [3.05, 3.63) is 23.8 Å². The van der Waals surface area contributed by atoms with E-state index in [1.54, 1.807) is 6.07 Å². The van der Waals surface area contributed by atoms with E-state index in [4.69, 9.17) is 11.0 Å². The number of anilines is 1. The highest BCUT2D eigenvalue weighted by molar-refractivity contribution is 7.89. The second-order valence-corrected chi connectivity index (χ2v) is 6.07. The molecule has 20 heavy (non-hydrogen) atoms. The van der Waals surface area contributed by atoms with E-state index in [0.29, 0.717) is 4.31 Å². The molecule has 0 aromatic heterocycles. The second kappa shape index (κ2) is 5.68. The first kappa shape index (κ1) is 16.3. The van der Waals surface area contributed by atoms with Crippen LogP contribution in [0, 0.1) is 11.3 Å². The van der Waals surface area contributed by atoms with Crippen molar-refractivity contribution in [2.75, 3.05) is 19.3 Å². The quantitative estimate of drug-likeness (QED) is 0.858. The molecule has 0 radical (unpaired) electrons. The van der Waals surface area contributed by atoms with E-state index in [1.807, 2.05) is 0 Å². The van der Waals surface area contributed by atoms with Crippen LogP contribution in [0.4, 0.5) is 18.9 Å². The van der Waals surface area contributed by atoms with Crippen molar-refractivity contribution in [2.24, 2.45) is 0 Å². The van der Waals surface area contributed by atoms with Crippen molar-refractivity contribution >= 4 is 15.7 Å². The van der Waals surface area contributed by atoms with Gasteiger partial charge in [0, 0.05) is 19.3 Å². The fraction of sp³-hybridized carbons (Fsp3) is 0.364. The molecule has 9 heteroatoms. The van der Waals surface area contributed by atoms with E-state index in [2.05, 4.69) is 0 Å². The second-order valence-electron chi connectivity index (χ2n) is 4.06. The zero-order chi connectivity index (χ0) is 15.6. The largest absolute Gasteiger partial charge is 0.399 e. The highest BCUT2D eigenvalue weighted by Crippen LogP contribution is 2.24. The molecule has 1 aromatic carbocycles. The van der Waals surface area contributed by atoms with Gasteiger partial charge in [-0.1, -0.05) is 0 Å². The average Bonchev–Trinajstić information content (AvgIpc) is 2.34. The minimum absolute atomic E-state index is 0.193. The lowest BCUT2D eigenvalue weighted by atomic mass is 10.2. The molecule has 0 unspecified atom stereocenters. The van der Waals surface area contributed by atoms with Crippen LogP contribution in [-0.4, -0.2) is 32.5 Å². The maximum Gasteiger partial charge on any atom is 0.390 e. The molecule has 0 spiro atoms. The van der Waals surface area contributed by atoms with Crippen molar-refractivity contribution in [1.29, 1.82) is 5.26 Å². The molecule has 1 rings (SSSR count). The monoisotopic (exact) mass is 307 g/mol. The number of nitriles is 1. The van der Waals surface area contributed by atoms with Crippen molar-refractivity contribution < 1.29 is 21.6 Å². The van der Waals surface area contributed by atoms with Gasteiger partial charge in [0.25, 0.3) is 0 Å². The summed E-state index contributed by atoms with van der Waals surface area (Å²) in [7, 11) is -3.14. The molecular weight excluding hydrogens is 295 g/mol. The first-order valence-electron chi connectivity index (χ1n) is 5.40. The number of benzene rings is 1. The van der Waals surface area contributed by atoms with Crippen LogP contribution >= 0.6 is 0 Å². The lowest BCUT2D eigenvalue weighted by Crippen LogP contribution is -2.31. The number of nitrogens with two attached hydrogens (primary N) is 1. The minimum Gasteiger partial charge on any atom is -0.399 e. The molecule has 0 aliphatic heterocycles. The number of rotatable bonds is 4. The summed E-state index contributed by atoms with van der Waals surface area (Å²) in [4.78, 5) is -0.362. The van der Waals surface area contributed by atoms with E-state index >= 15 is 0 Å². The lowest BCUT2D eigenvalue weighted by molar-refractivity contribution is -0.135. The molecule has 0 saturated carbocycles. The summed E-state index contributed by atoms with van der Waals surface area (Å²) in [5, 5.41) is 8.88. The molecular formula is C11H12F3N3O2S. The van der Waals surface area contributed by atoms with Gasteiger partial charge in [-0.15, -0.1) is 0 Å². The molecule has 0 heterocycles. The van der Waals surface area contributed by atoms with Crippen LogP contribution in [0.1, 0.15) is 12.0 Å². The van der Waals surface area contributed by atoms with E-state index < -0.39 is 29.2 Å². The van der Waals surface area contributed by atoms with Crippen LogP contribution in [-0.2, 0) is 10.0 Å². The van der Waals surface area contributed by atoms with Crippen LogP contribution in [0.3, 0.4) is 0 Å². The first-order chi connectivity index (χ1) is 9.08. The topological polar surface area (TPSA) is 87.2 Å². The Hall–Kier alpha value is -1.79. The Balaban J connectivity index is 3.08. The Morgan fingerprint density at radius 1 is 1.40 bits per heavy atom. The molecule has 0 aliphatic carbocycles. The molecule has 0 saturated heterocycles. The third-order valence-electron chi connectivity index (χ3n) is 2.52. The number of hydrogen-bond donors (Lipinski definition) is 1. The Kier molecular flexibility index (Phi) is 4.62. The van der Waals surface area contributed by atoms with E-state index in [-0.39, 0.29) is 16.1 Å². The molecule has 2 N–H and O–H groups in total. The van der Waals surface area contributed by atoms with Gasteiger partial charge in [0.05, 0.1) is 12.0 Å². The number of hydrogen-bond acceptors (Lipinski definition) is 4. The molecule has 110 valence electrons. The Bertz CT molecular complexity index is 635. The van der Waals surface area contributed by atoms with Gasteiger partial charge in [-0.3, -0.25) is 0 Å². The molecule has 0 amide bonds. The standard InChI is InChI=1S/C11H12F3N3O2S/c1-17(5-4-11(12,13)14)20(18,19)10-3-2-9(16)6-8(10)7-15/h2-3,6H,4-5,16H2,1H3. The first-order valence-corrected chi connectivity index (χ1v) is 6.84. The summed E-state index contributed by atoms with van der Waals surface area (Å²) in [6.45, 7) is -0.721. The fourth-order valence-corrected chi connectivity index (χ4v) is 2.72. The molecule has 5 nitrogen and oxygen atoms in total. The van der Waals surface area contributed by atoms with Gasteiger partial charge in [-0.05, 0) is 18.2 Å². The predicted octanol–water partition coefficient (Wildman–Crippen LogP) is 1.71. The number of sulfonamides is 1. The van der Waals surface area contributed by atoms with Crippen molar-refractivity contribution in [3.63, 3.8) is 0 Å². The van der Waals surface area contributed by atoms with E-state index in [9.17, 15) is 21.6 Å². The minimum atomic E-state index is -4.46. The van der Waals surface area contributed by atoms with Gasteiger partial charge in [0.2, 0.25) is 10.0 Å². The third-order valence-corrected chi connectivity index (χ3v) is 4.44. The molecule has 0 bridgehead atoms. The van der Waals surface area contributed by atoms with Crippen molar-refractivity contribution in [3.8, 4) is 6.07 Å².